The lowest BCUT2D eigenvalue weighted by atomic mass is 10.1. The highest BCUT2D eigenvalue weighted by Gasteiger charge is 2.20. The van der Waals surface area contributed by atoms with Gasteiger partial charge < -0.3 is 15.1 Å². The van der Waals surface area contributed by atoms with Crippen LogP contribution < -0.4 is 10.2 Å². The van der Waals surface area contributed by atoms with Gasteiger partial charge in [0.25, 0.3) is 17.3 Å². The molecule has 0 bridgehead atoms. The van der Waals surface area contributed by atoms with Gasteiger partial charge in [0.05, 0.1) is 27.2 Å². The van der Waals surface area contributed by atoms with Gasteiger partial charge in [0.2, 0.25) is 0 Å². The average Bonchev–Trinajstić information content (AvgIpc) is 2.84. The summed E-state index contributed by atoms with van der Waals surface area (Å²) in [5, 5.41) is 33.4. The fraction of sp³-hybridized carbons (Fsp3) is 0.227. The van der Waals surface area contributed by atoms with Crippen molar-refractivity contribution in [1.29, 1.82) is 0 Å². The van der Waals surface area contributed by atoms with Crippen LogP contribution in [0.15, 0.2) is 54.6 Å². The third-order valence-corrected chi connectivity index (χ3v) is 5.48. The minimum absolute atomic E-state index is 0.192. The number of piperazine rings is 1. The summed E-state index contributed by atoms with van der Waals surface area (Å²) in [5.41, 5.74) is 0.456. The summed E-state index contributed by atoms with van der Waals surface area (Å²) < 4.78 is 0. The van der Waals surface area contributed by atoms with Crippen molar-refractivity contribution in [3.63, 3.8) is 0 Å². The predicted octanol–water partition coefficient (Wildman–Crippen LogP) is 2.96. The molecule has 1 aromatic heterocycles. The number of carbonyl (C=O) groups is 1. The van der Waals surface area contributed by atoms with Gasteiger partial charge in [0, 0.05) is 49.6 Å². The number of nitrogens with one attached hydrogen (secondary N) is 1. The van der Waals surface area contributed by atoms with Gasteiger partial charge in [0.15, 0.2) is 5.82 Å². The van der Waals surface area contributed by atoms with E-state index in [1.54, 1.807) is 18.2 Å². The molecular formula is C22H21N7O5. The number of amides is 1. The van der Waals surface area contributed by atoms with Crippen LogP contribution in [0, 0.1) is 20.2 Å². The number of non-ortho nitro benzene ring substituents is 2. The molecule has 1 saturated heterocycles. The second-order valence-corrected chi connectivity index (χ2v) is 7.85. The Balaban J connectivity index is 1.51. The van der Waals surface area contributed by atoms with E-state index in [0.29, 0.717) is 16.9 Å². The summed E-state index contributed by atoms with van der Waals surface area (Å²) in [4.78, 5) is 37.7. The summed E-state index contributed by atoms with van der Waals surface area (Å²) in [7, 11) is 2.08. The number of hydrogen-bond donors (Lipinski definition) is 1. The van der Waals surface area contributed by atoms with E-state index in [1.165, 1.54) is 0 Å². The van der Waals surface area contributed by atoms with Crippen LogP contribution in [-0.2, 0) is 0 Å². The van der Waals surface area contributed by atoms with Crippen LogP contribution in [-0.4, -0.2) is 64.1 Å². The Hall–Kier alpha value is -4.45. The Morgan fingerprint density at radius 3 is 2.18 bits per heavy atom. The molecule has 174 valence electrons. The van der Waals surface area contributed by atoms with E-state index in [-0.39, 0.29) is 5.56 Å². The number of nitrogens with zero attached hydrogens (tertiary/aromatic N) is 6. The molecule has 2 aromatic carbocycles. The van der Waals surface area contributed by atoms with Gasteiger partial charge in [-0.25, -0.2) is 0 Å². The van der Waals surface area contributed by atoms with Crippen molar-refractivity contribution in [2.45, 2.75) is 0 Å². The fourth-order valence-corrected chi connectivity index (χ4v) is 3.58. The van der Waals surface area contributed by atoms with Crippen LogP contribution in [0.5, 0.6) is 0 Å². The van der Waals surface area contributed by atoms with E-state index in [1.807, 2.05) is 18.2 Å². The number of hydrogen-bond acceptors (Lipinski definition) is 9. The van der Waals surface area contributed by atoms with Crippen molar-refractivity contribution < 1.29 is 14.6 Å². The van der Waals surface area contributed by atoms with E-state index in [0.717, 1.165) is 50.2 Å². The largest absolute Gasteiger partial charge is 0.353 e. The van der Waals surface area contributed by atoms with Gasteiger partial charge in [-0.3, -0.25) is 25.0 Å². The number of benzene rings is 2. The topological polar surface area (TPSA) is 148 Å². The predicted molar refractivity (Wildman–Crippen MR) is 125 cm³/mol. The van der Waals surface area contributed by atoms with Crippen molar-refractivity contribution in [2.75, 3.05) is 43.4 Å². The molecule has 0 saturated carbocycles. The second-order valence-electron chi connectivity index (χ2n) is 7.85. The highest BCUT2D eigenvalue weighted by atomic mass is 16.6. The van der Waals surface area contributed by atoms with Crippen LogP contribution in [0.2, 0.25) is 0 Å². The zero-order valence-corrected chi connectivity index (χ0v) is 18.2. The minimum atomic E-state index is -0.783. The number of nitro benzene ring substituents is 2. The maximum absolute atomic E-state index is 12.7. The molecule has 0 spiro atoms. The third-order valence-electron chi connectivity index (χ3n) is 5.48. The molecule has 1 aliphatic rings. The summed E-state index contributed by atoms with van der Waals surface area (Å²) in [6.07, 6.45) is 0. The lowest BCUT2D eigenvalue weighted by Crippen LogP contribution is -2.44. The van der Waals surface area contributed by atoms with Crippen molar-refractivity contribution in [3.05, 3.63) is 80.4 Å². The van der Waals surface area contributed by atoms with Gasteiger partial charge >= 0.3 is 0 Å². The molecule has 3 aromatic rings. The molecule has 0 atom stereocenters. The number of aromatic nitrogens is 2. The first-order valence-electron chi connectivity index (χ1n) is 10.4. The molecule has 1 fully saturated rings. The molecule has 1 aliphatic heterocycles. The first kappa shape index (κ1) is 22.7. The summed E-state index contributed by atoms with van der Waals surface area (Å²) in [6.45, 7) is 3.67. The Labute approximate surface area is 194 Å². The molecule has 12 heteroatoms. The van der Waals surface area contributed by atoms with Crippen molar-refractivity contribution >= 4 is 28.8 Å². The summed E-state index contributed by atoms with van der Waals surface area (Å²) in [5.74, 6) is 0.0917. The number of likely N-dealkylation sites (N-methyl/N-ethyl adjacent to an activating group) is 1. The Morgan fingerprint density at radius 1 is 0.912 bits per heavy atom. The molecule has 34 heavy (non-hydrogen) atoms. The lowest BCUT2D eigenvalue weighted by Gasteiger charge is -2.32. The fourth-order valence-electron chi connectivity index (χ4n) is 3.58. The van der Waals surface area contributed by atoms with Crippen molar-refractivity contribution in [1.82, 2.24) is 15.1 Å². The molecule has 0 aliphatic carbocycles. The number of anilines is 2. The molecule has 1 amide bonds. The van der Waals surface area contributed by atoms with E-state index in [4.69, 9.17) is 0 Å². The van der Waals surface area contributed by atoms with Crippen molar-refractivity contribution in [2.24, 2.45) is 0 Å². The number of nitro groups is 2. The highest BCUT2D eigenvalue weighted by Crippen LogP contribution is 2.25. The molecule has 0 radical (unpaired) electrons. The normalized spacial score (nSPS) is 14.0. The van der Waals surface area contributed by atoms with E-state index >= 15 is 0 Å². The second kappa shape index (κ2) is 9.58. The van der Waals surface area contributed by atoms with Crippen LogP contribution in [0.1, 0.15) is 10.4 Å². The minimum Gasteiger partial charge on any atom is -0.353 e. The SMILES string of the molecule is CN1CCN(c2ccc(-c3cccc(NC(=O)c4cc([N+](=O)[O-])cc([N+](=O)[O-])c4)c3)nn2)CC1. The van der Waals surface area contributed by atoms with Gasteiger partial charge in [0.1, 0.15) is 0 Å². The Kier molecular flexibility index (Phi) is 6.41. The van der Waals surface area contributed by atoms with Gasteiger partial charge in [-0.05, 0) is 31.3 Å². The van der Waals surface area contributed by atoms with Gasteiger partial charge in [-0.1, -0.05) is 12.1 Å². The van der Waals surface area contributed by atoms with Crippen LogP contribution in [0.4, 0.5) is 22.9 Å². The van der Waals surface area contributed by atoms with E-state index in [9.17, 15) is 25.0 Å². The maximum atomic E-state index is 12.7. The van der Waals surface area contributed by atoms with Crippen molar-refractivity contribution in [3.8, 4) is 11.3 Å². The van der Waals surface area contributed by atoms with E-state index < -0.39 is 27.1 Å². The molecule has 12 nitrogen and oxygen atoms in total. The van der Waals surface area contributed by atoms with E-state index in [2.05, 4.69) is 32.4 Å². The molecule has 4 rings (SSSR count). The van der Waals surface area contributed by atoms with Gasteiger partial charge in [-0.2, -0.15) is 0 Å². The zero-order chi connectivity index (χ0) is 24.2. The Bertz CT molecular complexity index is 1210. The molecule has 1 N–H and O–H groups in total. The van der Waals surface area contributed by atoms with Crippen LogP contribution >= 0.6 is 0 Å². The Morgan fingerprint density at radius 2 is 1.59 bits per heavy atom. The van der Waals surface area contributed by atoms with Gasteiger partial charge in [-0.15, -0.1) is 10.2 Å². The highest BCUT2D eigenvalue weighted by molar-refractivity contribution is 6.05. The zero-order valence-electron chi connectivity index (χ0n) is 18.2. The van der Waals surface area contributed by atoms with Crippen LogP contribution in [0.3, 0.4) is 0 Å². The first-order chi connectivity index (χ1) is 16.3. The summed E-state index contributed by atoms with van der Waals surface area (Å²) in [6, 6.07) is 13.4. The smallest absolute Gasteiger partial charge is 0.277 e. The average molecular weight is 463 g/mol. The third kappa shape index (κ3) is 5.13. The summed E-state index contributed by atoms with van der Waals surface area (Å²) >= 11 is 0. The standard InChI is InChI=1S/C22H21N7O5/c1-26-7-9-27(10-8-26)21-6-5-20(24-25-21)15-3-2-4-17(11-15)23-22(30)16-12-18(28(31)32)14-19(13-16)29(33)34/h2-6,11-14H,7-10H2,1H3,(H,23,30). The number of carbonyl (C=O) groups excluding carboxylic acids is 1. The molecule has 0 unspecified atom stereocenters. The molecular weight excluding hydrogens is 442 g/mol. The first-order valence-corrected chi connectivity index (χ1v) is 10.4. The quantitative estimate of drug-likeness (QED) is 0.430. The lowest BCUT2D eigenvalue weighted by molar-refractivity contribution is -0.394. The number of rotatable bonds is 6. The van der Waals surface area contributed by atoms with Crippen LogP contribution in [0.25, 0.3) is 11.3 Å². The molecule has 2 heterocycles. The monoisotopic (exact) mass is 463 g/mol. The maximum Gasteiger partial charge on any atom is 0.277 e.